The van der Waals surface area contributed by atoms with Gasteiger partial charge < -0.3 is 5.73 Å². The lowest BCUT2D eigenvalue weighted by Gasteiger charge is -2.19. The zero-order chi connectivity index (χ0) is 8.41. The van der Waals surface area contributed by atoms with Crippen molar-refractivity contribution in [2.75, 3.05) is 12.3 Å². The Hall–Kier alpha value is -0.130. The van der Waals surface area contributed by atoms with Gasteiger partial charge in [-0.2, -0.15) is 0 Å². The molecule has 0 fully saturated rings. The molecule has 62 valence electrons. The molecule has 0 radical (unpaired) electrons. The average Bonchev–Trinajstić information content (AvgIpc) is 1.60. The fourth-order valence-corrected chi connectivity index (χ4v) is 1.81. The van der Waals surface area contributed by atoms with Crippen LogP contribution in [0.5, 0.6) is 0 Å². The second-order valence-electron chi connectivity index (χ2n) is 3.18. The molecule has 10 heavy (non-hydrogen) atoms. The van der Waals surface area contributed by atoms with E-state index in [0.717, 1.165) is 0 Å². The topological polar surface area (TPSA) is 86.2 Å². The number of primary sulfonamides is 1. The van der Waals surface area contributed by atoms with Crippen LogP contribution in [0.3, 0.4) is 0 Å². The molecular weight excluding hydrogens is 152 g/mol. The Labute approximate surface area is 61.6 Å². The van der Waals surface area contributed by atoms with Crippen molar-refractivity contribution in [2.24, 2.45) is 16.3 Å². The van der Waals surface area contributed by atoms with Gasteiger partial charge >= 0.3 is 0 Å². The number of hydrogen-bond acceptors (Lipinski definition) is 3. The molecule has 0 amide bonds. The summed E-state index contributed by atoms with van der Waals surface area (Å²) >= 11 is 0. The summed E-state index contributed by atoms with van der Waals surface area (Å²) in [6, 6.07) is 0. The minimum atomic E-state index is -3.37. The fraction of sp³-hybridized carbons (Fsp3) is 1.00. The number of nitrogens with two attached hydrogens (primary N) is 2. The molecule has 0 aliphatic carbocycles. The van der Waals surface area contributed by atoms with Crippen molar-refractivity contribution in [3.05, 3.63) is 0 Å². The van der Waals surface area contributed by atoms with Gasteiger partial charge in [0.2, 0.25) is 10.0 Å². The molecule has 0 saturated heterocycles. The molecule has 0 aromatic heterocycles. The maximum atomic E-state index is 10.5. The van der Waals surface area contributed by atoms with Gasteiger partial charge in [-0.05, 0) is 12.0 Å². The highest BCUT2D eigenvalue weighted by Crippen LogP contribution is 2.13. The molecule has 0 aromatic carbocycles. The molecule has 5 heteroatoms. The van der Waals surface area contributed by atoms with Crippen LogP contribution in [0.25, 0.3) is 0 Å². The van der Waals surface area contributed by atoms with Crippen molar-refractivity contribution in [2.45, 2.75) is 13.8 Å². The first-order valence-corrected chi connectivity index (χ1v) is 4.69. The Morgan fingerprint density at radius 3 is 1.90 bits per heavy atom. The standard InChI is InChI=1S/C5H14N2O2S/c1-5(2,3-6)4-10(7,8)9/h3-4,6H2,1-2H3,(H2,7,8,9). The van der Waals surface area contributed by atoms with Gasteiger partial charge in [-0.1, -0.05) is 13.8 Å². The van der Waals surface area contributed by atoms with Gasteiger partial charge in [-0.25, -0.2) is 13.6 Å². The molecule has 0 unspecified atom stereocenters. The van der Waals surface area contributed by atoms with Crippen molar-refractivity contribution in [3.63, 3.8) is 0 Å². The highest BCUT2D eigenvalue weighted by molar-refractivity contribution is 7.89. The second kappa shape index (κ2) is 2.86. The molecule has 4 nitrogen and oxygen atoms in total. The van der Waals surface area contributed by atoms with Gasteiger partial charge in [0.05, 0.1) is 5.75 Å². The van der Waals surface area contributed by atoms with Crippen LogP contribution in [0.15, 0.2) is 0 Å². The first kappa shape index (κ1) is 9.87. The van der Waals surface area contributed by atoms with Gasteiger partial charge in [0, 0.05) is 0 Å². The predicted octanol–water partition coefficient (Wildman–Crippen LogP) is -0.740. The van der Waals surface area contributed by atoms with Crippen molar-refractivity contribution in [3.8, 4) is 0 Å². The van der Waals surface area contributed by atoms with Gasteiger partial charge in [0.1, 0.15) is 0 Å². The van der Waals surface area contributed by atoms with E-state index in [9.17, 15) is 8.42 Å². The minimum Gasteiger partial charge on any atom is -0.330 e. The van der Waals surface area contributed by atoms with Gasteiger partial charge in [-0.15, -0.1) is 0 Å². The summed E-state index contributed by atoms with van der Waals surface area (Å²) < 4.78 is 21.1. The van der Waals surface area contributed by atoms with Crippen molar-refractivity contribution >= 4 is 10.0 Å². The van der Waals surface area contributed by atoms with Crippen LogP contribution < -0.4 is 10.9 Å². The smallest absolute Gasteiger partial charge is 0.209 e. The van der Waals surface area contributed by atoms with E-state index in [4.69, 9.17) is 10.9 Å². The minimum absolute atomic E-state index is 0.0590. The maximum Gasteiger partial charge on any atom is 0.209 e. The normalized spacial score (nSPS) is 13.6. The fourth-order valence-electron chi connectivity index (χ4n) is 0.604. The molecule has 0 aliphatic rings. The highest BCUT2D eigenvalue weighted by Gasteiger charge is 2.21. The van der Waals surface area contributed by atoms with E-state index < -0.39 is 15.4 Å². The Morgan fingerprint density at radius 2 is 1.80 bits per heavy atom. The molecule has 0 saturated carbocycles. The monoisotopic (exact) mass is 166 g/mol. The third-order valence-corrected chi connectivity index (χ3v) is 2.33. The predicted molar refractivity (Wildman–Crippen MR) is 40.8 cm³/mol. The van der Waals surface area contributed by atoms with E-state index in [2.05, 4.69) is 0 Å². The third-order valence-electron chi connectivity index (χ3n) is 1.14. The van der Waals surface area contributed by atoms with Crippen molar-refractivity contribution < 1.29 is 8.42 Å². The molecule has 0 rings (SSSR count). The summed E-state index contributed by atoms with van der Waals surface area (Å²) in [5, 5.41) is 4.81. The van der Waals surface area contributed by atoms with E-state index in [0.29, 0.717) is 6.54 Å². The van der Waals surface area contributed by atoms with Gasteiger partial charge in [-0.3, -0.25) is 0 Å². The largest absolute Gasteiger partial charge is 0.330 e. The Kier molecular flexibility index (Phi) is 2.82. The molecule has 0 heterocycles. The van der Waals surface area contributed by atoms with Crippen LogP contribution in [0.4, 0.5) is 0 Å². The molecule has 0 aliphatic heterocycles. The summed E-state index contributed by atoms with van der Waals surface area (Å²) in [5.41, 5.74) is 4.88. The number of sulfonamides is 1. The zero-order valence-electron chi connectivity index (χ0n) is 6.29. The van der Waals surface area contributed by atoms with Gasteiger partial charge in [0.25, 0.3) is 0 Å². The average molecular weight is 166 g/mol. The van der Waals surface area contributed by atoms with Crippen LogP contribution in [-0.4, -0.2) is 20.7 Å². The number of rotatable bonds is 3. The summed E-state index contributed by atoms with van der Waals surface area (Å²) in [7, 11) is -3.37. The lowest BCUT2D eigenvalue weighted by Crippen LogP contribution is -2.34. The Balaban J connectivity index is 4.16. The van der Waals surface area contributed by atoms with Crippen molar-refractivity contribution in [1.82, 2.24) is 0 Å². The zero-order valence-corrected chi connectivity index (χ0v) is 7.11. The maximum absolute atomic E-state index is 10.5. The van der Waals surface area contributed by atoms with E-state index in [1.54, 1.807) is 13.8 Å². The first-order chi connectivity index (χ1) is 4.27. The Bertz CT molecular complexity index is 196. The summed E-state index contributed by atoms with van der Waals surface area (Å²) in [6.45, 7) is 3.85. The van der Waals surface area contributed by atoms with Crippen LogP contribution in [0, 0.1) is 5.41 Å². The SMILES string of the molecule is CC(C)(CN)CS(N)(=O)=O. The molecule has 0 aromatic rings. The van der Waals surface area contributed by atoms with Crippen LogP contribution >= 0.6 is 0 Å². The lowest BCUT2D eigenvalue weighted by molar-refractivity contribution is 0.425. The van der Waals surface area contributed by atoms with Crippen LogP contribution in [-0.2, 0) is 10.0 Å². The Morgan fingerprint density at radius 1 is 1.40 bits per heavy atom. The highest BCUT2D eigenvalue weighted by atomic mass is 32.2. The van der Waals surface area contributed by atoms with E-state index in [1.165, 1.54) is 0 Å². The molecule has 4 N–H and O–H groups in total. The van der Waals surface area contributed by atoms with E-state index in [-0.39, 0.29) is 5.75 Å². The summed E-state index contributed by atoms with van der Waals surface area (Å²) in [6.07, 6.45) is 0. The second-order valence-corrected chi connectivity index (χ2v) is 4.79. The number of hydrogen-bond donors (Lipinski definition) is 2. The van der Waals surface area contributed by atoms with Gasteiger partial charge in [0.15, 0.2) is 0 Å². The summed E-state index contributed by atoms with van der Waals surface area (Å²) in [5.74, 6) is -0.0590. The summed E-state index contributed by atoms with van der Waals surface area (Å²) in [4.78, 5) is 0. The lowest BCUT2D eigenvalue weighted by atomic mass is 9.97. The molecular formula is C5H14N2O2S. The molecule has 0 bridgehead atoms. The van der Waals surface area contributed by atoms with Crippen LogP contribution in [0.2, 0.25) is 0 Å². The van der Waals surface area contributed by atoms with E-state index in [1.807, 2.05) is 0 Å². The third kappa shape index (κ3) is 4.72. The first-order valence-electron chi connectivity index (χ1n) is 2.97. The quantitative estimate of drug-likeness (QED) is 0.579. The molecule has 0 spiro atoms. The van der Waals surface area contributed by atoms with Crippen LogP contribution in [0.1, 0.15) is 13.8 Å². The molecule has 0 atom stereocenters. The van der Waals surface area contributed by atoms with Crippen molar-refractivity contribution in [1.29, 1.82) is 0 Å². The van der Waals surface area contributed by atoms with E-state index >= 15 is 0 Å².